The van der Waals surface area contributed by atoms with Crippen molar-refractivity contribution in [3.63, 3.8) is 0 Å². The molecule has 2 aromatic rings. The van der Waals surface area contributed by atoms with Gasteiger partial charge in [-0.2, -0.15) is 0 Å². The molecule has 0 radical (unpaired) electrons. The summed E-state index contributed by atoms with van der Waals surface area (Å²) >= 11 is 3.54. The van der Waals surface area contributed by atoms with Crippen LogP contribution in [-0.4, -0.2) is 16.2 Å². The largest absolute Gasteiger partial charge is 0.358 e. The smallest absolute Gasteiger partial charge is 0.135 e. The highest BCUT2D eigenvalue weighted by Crippen LogP contribution is 2.29. The van der Waals surface area contributed by atoms with Crippen molar-refractivity contribution in [2.75, 3.05) is 6.61 Å². The van der Waals surface area contributed by atoms with Crippen LogP contribution >= 0.6 is 15.9 Å². The fraction of sp³-hybridized carbons (Fsp3) is 0.462. The second-order valence-corrected chi connectivity index (χ2v) is 5.42. The Labute approximate surface area is 109 Å². The lowest BCUT2D eigenvalue weighted by Crippen LogP contribution is -2.17. The number of ether oxygens (including phenoxy) is 1. The Morgan fingerprint density at radius 3 is 3.06 bits per heavy atom. The zero-order valence-corrected chi connectivity index (χ0v) is 11.4. The van der Waals surface area contributed by atoms with E-state index >= 15 is 0 Å². The Balaban J connectivity index is 2.07. The van der Waals surface area contributed by atoms with Crippen LogP contribution in [0.2, 0.25) is 0 Å². The van der Waals surface area contributed by atoms with E-state index in [1.165, 1.54) is 18.4 Å². The number of rotatable bonds is 1. The summed E-state index contributed by atoms with van der Waals surface area (Å²) in [6.07, 6.45) is 5.55. The minimum absolute atomic E-state index is 0.161. The van der Waals surface area contributed by atoms with Gasteiger partial charge in [-0.3, -0.25) is 0 Å². The van der Waals surface area contributed by atoms with E-state index in [1.807, 2.05) is 6.33 Å². The number of fused-ring (bicyclic) bond motifs is 1. The minimum atomic E-state index is 0.161. The summed E-state index contributed by atoms with van der Waals surface area (Å²) in [5, 5.41) is 0. The average molecular weight is 295 g/mol. The van der Waals surface area contributed by atoms with Gasteiger partial charge in [0, 0.05) is 11.1 Å². The Hall–Kier alpha value is -0.870. The van der Waals surface area contributed by atoms with Crippen LogP contribution in [0.5, 0.6) is 0 Å². The van der Waals surface area contributed by atoms with E-state index < -0.39 is 0 Å². The van der Waals surface area contributed by atoms with Crippen LogP contribution in [0.3, 0.4) is 0 Å². The molecule has 1 aromatic heterocycles. The molecule has 3 rings (SSSR count). The van der Waals surface area contributed by atoms with Crippen molar-refractivity contribution in [2.24, 2.45) is 0 Å². The van der Waals surface area contributed by atoms with E-state index in [-0.39, 0.29) is 6.23 Å². The quantitative estimate of drug-likeness (QED) is 0.800. The molecule has 0 saturated carbocycles. The first-order chi connectivity index (χ1) is 8.25. The third-order valence-corrected chi connectivity index (χ3v) is 4.18. The summed E-state index contributed by atoms with van der Waals surface area (Å²) in [5.41, 5.74) is 3.42. The summed E-state index contributed by atoms with van der Waals surface area (Å²) in [7, 11) is 0. The zero-order chi connectivity index (χ0) is 11.8. The van der Waals surface area contributed by atoms with Gasteiger partial charge < -0.3 is 9.30 Å². The van der Waals surface area contributed by atoms with Crippen molar-refractivity contribution < 1.29 is 4.74 Å². The van der Waals surface area contributed by atoms with E-state index in [1.54, 1.807) is 0 Å². The lowest BCUT2D eigenvalue weighted by Gasteiger charge is -2.24. The van der Waals surface area contributed by atoms with Crippen LogP contribution in [0.15, 0.2) is 22.9 Å². The van der Waals surface area contributed by atoms with Crippen molar-refractivity contribution in [3.8, 4) is 0 Å². The molecule has 1 fully saturated rings. The van der Waals surface area contributed by atoms with Crippen LogP contribution in [0, 0.1) is 6.92 Å². The maximum atomic E-state index is 5.81. The summed E-state index contributed by atoms with van der Waals surface area (Å²) in [5.74, 6) is 0. The normalized spacial score (nSPS) is 20.9. The molecule has 4 heteroatoms. The number of benzene rings is 1. The van der Waals surface area contributed by atoms with Gasteiger partial charge in [-0.15, -0.1) is 0 Å². The van der Waals surface area contributed by atoms with Crippen molar-refractivity contribution in [3.05, 3.63) is 28.5 Å². The maximum absolute atomic E-state index is 5.81. The predicted octanol–water partition coefficient (Wildman–Crippen LogP) is 3.81. The molecule has 0 bridgehead atoms. The molecular weight excluding hydrogens is 280 g/mol. The second-order valence-electron chi connectivity index (χ2n) is 4.56. The Morgan fingerprint density at radius 1 is 1.41 bits per heavy atom. The van der Waals surface area contributed by atoms with Gasteiger partial charge in [0.2, 0.25) is 0 Å². The topological polar surface area (TPSA) is 27.1 Å². The predicted molar refractivity (Wildman–Crippen MR) is 71.0 cm³/mol. The first kappa shape index (κ1) is 11.2. The van der Waals surface area contributed by atoms with Gasteiger partial charge in [-0.05, 0) is 43.9 Å². The molecule has 1 atom stereocenters. The van der Waals surface area contributed by atoms with Gasteiger partial charge >= 0.3 is 0 Å². The molecule has 2 heterocycles. The summed E-state index contributed by atoms with van der Waals surface area (Å²) in [4.78, 5) is 4.45. The molecular formula is C13H15BrN2O. The van der Waals surface area contributed by atoms with Gasteiger partial charge in [-0.25, -0.2) is 4.98 Å². The van der Waals surface area contributed by atoms with Crippen LogP contribution in [0.25, 0.3) is 11.0 Å². The number of nitrogens with zero attached hydrogens (tertiary/aromatic N) is 2. The van der Waals surface area contributed by atoms with Crippen LogP contribution in [0.1, 0.15) is 31.1 Å². The molecule has 3 nitrogen and oxygen atoms in total. The fourth-order valence-electron chi connectivity index (χ4n) is 2.33. The number of aryl methyl sites for hydroxylation is 1. The van der Waals surface area contributed by atoms with Gasteiger partial charge in [0.25, 0.3) is 0 Å². The number of halogens is 1. The Morgan fingerprint density at radius 2 is 2.29 bits per heavy atom. The summed E-state index contributed by atoms with van der Waals surface area (Å²) in [6, 6.07) is 4.24. The molecule has 0 spiro atoms. The van der Waals surface area contributed by atoms with Crippen molar-refractivity contribution in [1.29, 1.82) is 0 Å². The first-order valence-corrected chi connectivity index (χ1v) is 6.79. The highest BCUT2D eigenvalue weighted by atomic mass is 79.9. The lowest BCUT2D eigenvalue weighted by atomic mass is 10.1. The van der Waals surface area contributed by atoms with Crippen molar-refractivity contribution >= 4 is 27.0 Å². The van der Waals surface area contributed by atoms with Gasteiger partial charge in [0.05, 0.1) is 17.4 Å². The highest BCUT2D eigenvalue weighted by Gasteiger charge is 2.18. The zero-order valence-electron chi connectivity index (χ0n) is 9.82. The highest BCUT2D eigenvalue weighted by molar-refractivity contribution is 9.10. The monoisotopic (exact) mass is 294 g/mol. The van der Waals surface area contributed by atoms with E-state index in [0.29, 0.717) is 0 Å². The van der Waals surface area contributed by atoms with E-state index in [0.717, 1.165) is 28.5 Å². The second kappa shape index (κ2) is 4.42. The molecule has 1 aliphatic heterocycles. The number of imidazole rings is 1. The molecule has 90 valence electrons. The third-order valence-electron chi connectivity index (χ3n) is 3.32. The molecule has 1 aliphatic rings. The van der Waals surface area contributed by atoms with E-state index in [4.69, 9.17) is 4.74 Å². The summed E-state index contributed by atoms with van der Waals surface area (Å²) in [6.45, 7) is 2.96. The molecule has 1 unspecified atom stereocenters. The summed E-state index contributed by atoms with van der Waals surface area (Å²) < 4.78 is 9.08. The molecule has 0 N–H and O–H groups in total. The van der Waals surface area contributed by atoms with Gasteiger partial charge in [-0.1, -0.05) is 15.9 Å². The maximum Gasteiger partial charge on any atom is 0.135 e. The average Bonchev–Trinajstić information content (AvgIpc) is 2.74. The van der Waals surface area contributed by atoms with E-state index in [9.17, 15) is 0 Å². The number of aromatic nitrogens is 2. The van der Waals surface area contributed by atoms with Crippen molar-refractivity contribution in [1.82, 2.24) is 9.55 Å². The van der Waals surface area contributed by atoms with Crippen LogP contribution < -0.4 is 0 Å². The Kier molecular flexibility index (Phi) is 2.92. The number of hydrogen-bond donors (Lipinski definition) is 0. The lowest BCUT2D eigenvalue weighted by molar-refractivity contribution is -0.0295. The molecule has 1 aromatic carbocycles. The van der Waals surface area contributed by atoms with Gasteiger partial charge in [0.15, 0.2) is 0 Å². The van der Waals surface area contributed by atoms with Crippen molar-refractivity contribution in [2.45, 2.75) is 32.4 Å². The van der Waals surface area contributed by atoms with Gasteiger partial charge in [0.1, 0.15) is 6.23 Å². The fourth-order valence-corrected chi connectivity index (χ4v) is 2.66. The molecule has 0 amide bonds. The third kappa shape index (κ3) is 2.00. The first-order valence-electron chi connectivity index (χ1n) is 6.00. The minimum Gasteiger partial charge on any atom is -0.358 e. The number of hydrogen-bond acceptors (Lipinski definition) is 2. The molecule has 0 aliphatic carbocycles. The molecule has 1 saturated heterocycles. The standard InChI is InChI=1S/C13H15BrN2O/c1-9-6-12-11(7-10(9)14)15-8-16(12)13-4-2-3-5-17-13/h6-8,13H,2-5H2,1H3. The van der Waals surface area contributed by atoms with E-state index in [2.05, 4.69) is 44.5 Å². The van der Waals surface area contributed by atoms with Crippen LogP contribution in [-0.2, 0) is 4.74 Å². The SMILES string of the molecule is Cc1cc2c(cc1Br)ncn2C1CCCCO1. The van der Waals surface area contributed by atoms with Crippen LogP contribution in [0.4, 0.5) is 0 Å². The molecule has 17 heavy (non-hydrogen) atoms. The Bertz CT molecular complexity index is 544.